The van der Waals surface area contributed by atoms with Crippen molar-refractivity contribution in [3.05, 3.63) is 0 Å². The number of rotatable bonds is 3. The van der Waals surface area contributed by atoms with E-state index in [1.54, 1.807) is 0 Å². The van der Waals surface area contributed by atoms with Crippen LogP contribution < -0.4 is 5.32 Å². The zero-order valence-electron chi connectivity index (χ0n) is 7.42. The molecule has 68 valence electrons. The van der Waals surface area contributed by atoms with Crippen molar-refractivity contribution in [2.45, 2.75) is 31.8 Å². The van der Waals surface area contributed by atoms with Gasteiger partial charge in [0.15, 0.2) is 0 Å². The Morgan fingerprint density at radius 3 is 2.75 bits per heavy atom. The molecule has 1 rings (SSSR count). The Bertz CT molecular complexity index is 156. The number of terminal acetylenes is 1. The van der Waals surface area contributed by atoms with Crippen molar-refractivity contribution in [3.63, 3.8) is 0 Å². The zero-order valence-corrected chi connectivity index (χ0v) is 7.42. The molecule has 2 nitrogen and oxygen atoms in total. The van der Waals surface area contributed by atoms with E-state index in [1.165, 1.54) is 0 Å². The van der Waals surface area contributed by atoms with Crippen LogP contribution in [0.25, 0.3) is 0 Å². The maximum absolute atomic E-state index is 9.68. The summed E-state index contributed by atoms with van der Waals surface area (Å²) >= 11 is 0. The van der Waals surface area contributed by atoms with Crippen LogP contribution in [0, 0.1) is 18.3 Å². The van der Waals surface area contributed by atoms with Gasteiger partial charge >= 0.3 is 0 Å². The highest BCUT2D eigenvalue weighted by atomic mass is 16.3. The molecule has 2 N–H and O–H groups in total. The summed E-state index contributed by atoms with van der Waals surface area (Å²) in [6.45, 7) is 2.08. The van der Waals surface area contributed by atoms with Crippen LogP contribution in [-0.2, 0) is 0 Å². The molecule has 0 aromatic rings. The average molecular weight is 167 g/mol. The lowest BCUT2D eigenvalue weighted by Gasteiger charge is -2.26. The largest absolute Gasteiger partial charge is 0.393 e. The summed E-state index contributed by atoms with van der Waals surface area (Å²) in [6.07, 6.45) is 8.60. The summed E-state index contributed by atoms with van der Waals surface area (Å²) in [5.74, 6) is 3.03. The van der Waals surface area contributed by atoms with Gasteiger partial charge in [0.05, 0.1) is 6.10 Å². The number of hydrogen-bond acceptors (Lipinski definition) is 2. The fourth-order valence-electron chi connectivity index (χ4n) is 1.70. The van der Waals surface area contributed by atoms with Gasteiger partial charge in [-0.2, -0.15) is 0 Å². The molecule has 1 atom stereocenters. The van der Waals surface area contributed by atoms with E-state index < -0.39 is 0 Å². The van der Waals surface area contributed by atoms with Crippen LogP contribution >= 0.6 is 0 Å². The van der Waals surface area contributed by atoms with Gasteiger partial charge in [0.1, 0.15) is 0 Å². The topological polar surface area (TPSA) is 32.3 Å². The number of nitrogens with one attached hydrogen (secondary N) is 1. The fraction of sp³-hybridized carbons (Fsp3) is 0.800. The molecular formula is C10H17NO. The van der Waals surface area contributed by atoms with E-state index in [4.69, 9.17) is 6.42 Å². The molecule has 1 heterocycles. The zero-order chi connectivity index (χ0) is 8.81. The maximum atomic E-state index is 9.68. The summed E-state index contributed by atoms with van der Waals surface area (Å²) in [6, 6.07) is 0. The molecule has 1 aliphatic heterocycles. The second kappa shape index (κ2) is 5.18. The van der Waals surface area contributed by atoms with Crippen molar-refractivity contribution in [1.82, 2.24) is 5.32 Å². The molecule has 1 aliphatic rings. The van der Waals surface area contributed by atoms with Crippen LogP contribution in [0.5, 0.6) is 0 Å². The minimum absolute atomic E-state index is 0.178. The molecule has 0 amide bonds. The minimum Gasteiger partial charge on any atom is -0.393 e. The molecule has 0 spiro atoms. The summed E-state index contributed by atoms with van der Waals surface area (Å²) in [5.41, 5.74) is 0. The van der Waals surface area contributed by atoms with Gasteiger partial charge in [-0.05, 0) is 38.3 Å². The molecule has 1 unspecified atom stereocenters. The lowest BCUT2D eigenvalue weighted by atomic mass is 9.90. The molecule has 0 radical (unpaired) electrons. The first-order chi connectivity index (χ1) is 5.84. The highest BCUT2D eigenvalue weighted by Crippen LogP contribution is 2.19. The summed E-state index contributed by atoms with van der Waals surface area (Å²) in [5, 5.41) is 13.0. The van der Waals surface area contributed by atoms with Gasteiger partial charge < -0.3 is 10.4 Å². The van der Waals surface area contributed by atoms with Gasteiger partial charge in [-0.25, -0.2) is 0 Å². The van der Waals surface area contributed by atoms with Gasteiger partial charge in [-0.3, -0.25) is 0 Å². The Morgan fingerprint density at radius 2 is 2.17 bits per heavy atom. The molecule has 2 heteroatoms. The molecule has 0 bridgehead atoms. The second-order valence-electron chi connectivity index (χ2n) is 3.40. The van der Waals surface area contributed by atoms with E-state index in [9.17, 15) is 5.11 Å². The van der Waals surface area contributed by atoms with E-state index in [1.807, 2.05) is 0 Å². The molecule has 1 saturated heterocycles. The minimum atomic E-state index is -0.178. The van der Waals surface area contributed by atoms with Gasteiger partial charge in [-0.15, -0.1) is 12.3 Å². The van der Waals surface area contributed by atoms with Crippen LogP contribution in [0.4, 0.5) is 0 Å². The van der Waals surface area contributed by atoms with E-state index in [0.29, 0.717) is 12.3 Å². The first kappa shape index (κ1) is 9.57. The molecule has 0 saturated carbocycles. The van der Waals surface area contributed by atoms with Crippen molar-refractivity contribution >= 4 is 0 Å². The van der Waals surface area contributed by atoms with E-state index in [0.717, 1.165) is 32.4 Å². The first-order valence-electron chi connectivity index (χ1n) is 4.67. The predicted molar refractivity (Wildman–Crippen MR) is 49.7 cm³/mol. The molecule has 0 aromatic heterocycles. The molecule has 12 heavy (non-hydrogen) atoms. The van der Waals surface area contributed by atoms with Crippen LogP contribution in [-0.4, -0.2) is 24.3 Å². The number of hydrogen-bond donors (Lipinski definition) is 2. The second-order valence-corrected chi connectivity index (χ2v) is 3.40. The first-order valence-corrected chi connectivity index (χ1v) is 4.67. The lowest BCUT2D eigenvalue weighted by Crippen LogP contribution is -2.33. The van der Waals surface area contributed by atoms with Crippen LogP contribution in [0.1, 0.15) is 25.7 Å². The Hall–Kier alpha value is -0.520. The summed E-state index contributed by atoms with van der Waals surface area (Å²) < 4.78 is 0. The Balaban J connectivity index is 2.21. The standard InChI is InChI=1S/C10H17NO/c1-2-3-4-10(12)9-5-7-11-8-6-9/h1,9-12H,3-8H2. The van der Waals surface area contributed by atoms with Gasteiger partial charge in [0.2, 0.25) is 0 Å². The number of aliphatic hydroxyl groups excluding tert-OH is 1. The highest BCUT2D eigenvalue weighted by Gasteiger charge is 2.20. The monoisotopic (exact) mass is 167 g/mol. The van der Waals surface area contributed by atoms with E-state index >= 15 is 0 Å². The van der Waals surface area contributed by atoms with Crippen molar-refractivity contribution in [2.24, 2.45) is 5.92 Å². The number of aliphatic hydroxyl groups is 1. The van der Waals surface area contributed by atoms with Crippen molar-refractivity contribution in [3.8, 4) is 12.3 Å². The van der Waals surface area contributed by atoms with Gasteiger partial charge in [-0.1, -0.05) is 0 Å². The normalized spacial score (nSPS) is 21.7. The third-order valence-electron chi connectivity index (χ3n) is 2.51. The fourth-order valence-corrected chi connectivity index (χ4v) is 1.70. The van der Waals surface area contributed by atoms with Crippen LogP contribution in [0.2, 0.25) is 0 Å². The van der Waals surface area contributed by atoms with E-state index in [2.05, 4.69) is 11.2 Å². The Morgan fingerprint density at radius 1 is 1.50 bits per heavy atom. The third kappa shape index (κ3) is 2.84. The molecule has 0 aliphatic carbocycles. The van der Waals surface area contributed by atoms with E-state index in [-0.39, 0.29) is 6.10 Å². The summed E-state index contributed by atoms with van der Waals surface area (Å²) in [4.78, 5) is 0. The Labute approximate surface area is 74.4 Å². The predicted octanol–water partition coefficient (Wildman–Crippen LogP) is 0.760. The Kier molecular flexibility index (Phi) is 4.13. The van der Waals surface area contributed by atoms with Crippen molar-refractivity contribution < 1.29 is 5.11 Å². The highest BCUT2D eigenvalue weighted by molar-refractivity contribution is 4.86. The maximum Gasteiger partial charge on any atom is 0.0578 e. The average Bonchev–Trinajstić information content (AvgIpc) is 2.15. The third-order valence-corrected chi connectivity index (χ3v) is 2.51. The van der Waals surface area contributed by atoms with Gasteiger partial charge in [0.25, 0.3) is 0 Å². The summed E-state index contributed by atoms with van der Waals surface area (Å²) in [7, 11) is 0. The SMILES string of the molecule is C#CCCC(O)C1CCNCC1. The van der Waals surface area contributed by atoms with Crippen LogP contribution in [0.3, 0.4) is 0 Å². The quantitative estimate of drug-likeness (QED) is 0.608. The smallest absolute Gasteiger partial charge is 0.0578 e. The molecule has 1 fully saturated rings. The van der Waals surface area contributed by atoms with Crippen molar-refractivity contribution in [2.75, 3.05) is 13.1 Å². The van der Waals surface area contributed by atoms with Gasteiger partial charge in [0, 0.05) is 6.42 Å². The molecular weight excluding hydrogens is 150 g/mol. The van der Waals surface area contributed by atoms with Crippen molar-refractivity contribution in [1.29, 1.82) is 0 Å². The number of piperidine rings is 1. The molecule has 0 aromatic carbocycles. The van der Waals surface area contributed by atoms with Crippen LogP contribution in [0.15, 0.2) is 0 Å². The lowest BCUT2D eigenvalue weighted by molar-refractivity contribution is 0.0824.